The summed E-state index contributed by atoms with van der Waals surface area (Å²) in [5.41, 5.74) is 4.78. The zero-order valence-electron chi connectivity index (χ0n) is 10.7. The van der Waals surface area contributed by atoms with E-state index in [4.69, 9.17) is 11.6 Å². The summed E-state index contributed by atoms with van der Waals surface area (Å²) in [4.78, 5) is 0. The first-order chi connectivity index (χ1) is 9.74. The summed E-state index contributed by atoms with van der Waals surface area (Å²) in [5, 5.41) is 0.730. The molecule has 0 fully saturated rings. The van der Waals surface area contributed by atoms with E-state index in [1.165, 1.54) is 16.7 Å². The molecule has 20 heavy (non-hydrogen) atoms. The second-order valence-corrected chi connectivity index (χ2v) is 5.84. The fraction of sp³-hybridized carbons (Fsp3) is 0. The van der Waals surface area contributed by atoms with E-state index in [1.807, 2.05) is 24.3 Å². The third-order valence-corrected chi connectivity index (χ3v) is 4.44. The van der Waals surface area contributed by atoms with Crippen molar-refractivity contribution in [3.05, 3.63) is 82.3 Å². The minimum atomic E-state index is 0.730. The Kier molecular flexibility index (Phi) is 3.90. The Labute approximate surface area is 132 Å². The first-order valence-electron chi connectivity index (χ1n) is 6.35. The number of rotatable bonds is 2. The fourth-order valence-corrected chi connectivity index (χ4v) is 2.68. The SMILES string of the molecule is Clc1ccc(-c2cccc(-c3ccccc3)c2)cc1Br. The Hall–Kier alpha value is -1.57. The monoisotopic (exact) mass is 342 g/mol. The van der Waals surface area contributed by atoms with Gasteiger partial charge in [0.1, 0.15) is 0 Å². The molecular weight excluding hydrogens is 332 g/mol. The van der Waals surface area contributed by atoms with Gasteiger partial charge in [-0.2, -0.15) is 0 Å². The number of halogens is 2. The molecule has 3 aromatic carbocycles. The van der Waals surface area contributed by atoms with Gasteiger partial charge in [0.05, 0.1) is 5.02 Å². The lowest BCUT2D eigenvalue weighted by Crippen LogP contribution is -1.82. The highest BCUT2D eigenvalue weighted by atomic mass is 79.9. The average molecular weight is 344 g/mol. The van der Waals surface area contributed by atoms with Gasteiger partial charge < -0.3 is 0 Å². The molecule has 0 aromatic heterocycles. The summed E-state index contributed by atoms with van der Waals surface area (Å²) < 4.78 is 0.918. The van der Waals surface area contributed by atoms with Crippen LogP contribution in [0.4, 0.5) is 0 Å². The molecular formula is C18H12BrCl. The van der Waals surface area contributed by atoms with Gasteiger partial charge in [-0.15, -0.1) is 0 Å². The van der Waals surface area contributed by atoms with E-state index in [9.17, 15) is 0 Å². The molecule has 2 heteroatoms. The van der Waals surface area contributed by atoms with Crippen LogP contribution in [-0.4, -0.2) is 0 Å². The van der Waals surface area contributed by atoms with Gasteiger partial charge in [-0.3, -0.25) is 0 Å². The van der Waals surface area contributed by atoms with Crippen LogP contribution in [0.15, 0.2) is 77.3 Å². The highest BCUT2D eigenvalue weighted by Crippen LogP contribution is 2.31. The van der Waals surface area contributed by atoms with Gasteiger partial charge in [0.15, 0.2) is 0 Å². The lowest BCUT2D eigenvalue weighted by atomic mass is 9.99. The summed E-state index contributed by atoms with van der Waals surface area (Å²) in [6.07, 6.45) is 0. The van der Waals surface area contributed by atoms with Gasteiger partial charge >= 0.3 is 0 Å². The highest BCUT2D eigenvalue weighted by molar-refractivity contribution is 9.10. The predicted molar refractivity (Wildman–Crippen MR) is 90.0 cm³/mol. The molecule has 3 aromatic rings. The molecule has 0 aliphatic rings. The maximum absolute atomic E-state index is 6.05. The van der Waals surface area contributed by atoms with Crippen LogP contribution in [0, 0.1) is 0 Å². The molecule has 0 saturated carbocycles. The van der Waals surface area contributed by atoms with Gasteiger partial charge in [0, 0.05) is 4.47 Å². The molecule has 0 bridgehead atoms. The predicted octanol–water partition coefficient (Wildman–Crippen LogP) is 6.44. The van der Waals surface area contributed by atoms with E-state index < -0.39 is 0 Å². The highest BCUT2D eigenvalue weighted by Gasteiger charge is 2.03. The van der Waals surface area contributed by atoms with Crippen LogP contribution in [0.1, 0.15) is 0 Å². The lowest BCUT2D eigenvalue weighted by Gasteiger charge is -2.07. The molecule has 0 radical (unpaired) electrons. The van der Waals surface area contributed by atoms with Crippen LogP contribution in [0.5, 0.6) is 0 Å². The standard InChI is InChI=1S/C18H12BrCl/c19-17-12-16(9-10-18(17)20)15-8-4-7-14(11-15)13-5-2-1-3-6-13/h1-12H. The van der Waals surface area contributed by atoms with Crippen LogP contribution >= 0.6 is 27.5 Å². The summed E-state index contributed by atoms with van der Waals surface area (Å²) in [6.45, 7) is 0. The smallest absolute Gasteiger partial charge is 0.0548 e. The van der Waals surface area contributed by atoms with Crippen LogP contribution in [0.2, 0.25) is 5.02 Å². The summed E-state index contributed by atoms with van der Waals surface area (Å²) in [7, 11) is 0. The molecule has 0 aliphatic heterocycles. The Balaban J connectivity index is 2.05. The second-order valence-electron chi connectivity index (χ2n) is 4.58. The number of benzene rings is 3. The molecule has 0 aliphatic carbocycles. The molecule has 3 rings (SSSR count). The van der Waals surface area contributed by atoms with Gasteiger partial charge in [0.25, 0.3) is 0 Å². The largest absolute Gasteiger partial charge is 0.0831 e. The maximum Gasteiger partial charge on any atom is 0.0548 e. The van der Waals surface area contributed by atoms with Crippen LogP contribution in [0.25, 0.3) is 22.3 Å². The summed E-state index contributed by atoms with van der Waals surface area (Å²) in [5.74, 6) is 0. The Bertz CT molecular complexity index is 735. The van der Waals surface area contributed by atoms with Crippen molar-refractivity contribution in [3.8, 4) is 22.3 Å². The zero-order chi connectivity index (χ0) is 13.9. The molecule has 0 nitrogen and oxygen atoms in total. The van der Waals surface area contributed by atoms with Gasteiger partial charge in [-0.05, 0) is 56.4 Å². The van der Waals surface area contributed by atoms with E-state index in [2.05, 4.69) is 64.5 Å². The first-order valence-corrected chi connectivity index (χ1v) is 7.52. The van der Waals surface area contributed by atoms with E-state index in [-0.39, 0.29) is 0 Å². The van der Waals surface area contributed by atoms with E-state index in [1.54, 1.807) is 0 Å². The molecule has 0 amide bonds. The van der Waals surface area contributed by atoms with Crippen molar-refractivity contribution in [2.45, 2.75) is 0 Å². The molecule has 0 spiro atoms. The van der Waals surface area contributed by atoms with Crippen LogP contribution < -0.4 is 0 Å². The first kappa shape index (κ1) is 13.4. The fourth-order valence-electron chi connectivity index (χ4n) is 2.18. The van der Waals surface area contributed by atoms with E-state index in [0.717, 1.165) is 15.1 Å². The number of hydrogen-bond donors (Lipinski definition) is 0. The Morgan fingerprint density at radius 2 is 1.20 bits per heavy atom. The summed E-state index contributed by atoms with van der Waals surface area (Å²) >= 11 is 9.52. The molecule has 0 unspecified atom stereocenters. The third-order valence-electron chi connectivity index (χ3n) is 3.22. The third kappa shape index (κ3) is 2.79. The minimum absolute atomic E-state index is 0.730. The van der Waals surface area contributed by atoms with Crippen LogP contribution in [-0.2, 0) is 0 Å². The molecule has 0 heterocycles. The van der Waals surface area contributed by atoms with Crippen molar-refractivity contribution in [1.29, 1.82) is 0 Å². The van der Waals surface area contributed by atoms with Crippen LogP contribution in [0.3, 0.4) is 0 Å². The van der Waals surface area contributed by atoms with Crippen molar-refractivity contribution in [3.63, 3.8) is 0 Å². The van der Waals surface area contributed by atoms with Gasteiger partial charge in [-0.25, -0.2) is 0 Å². The molecule has 98 valence electrons. The lowest BCUT2D eigenvalue weighted by molar-refractivity contribution is 1.57. The molecule has 0 saturated heterocycles. The van der Waals surface area contributed by atoms with Crippen molar-refractivity contribution < 1.29 is 0 Å². The van der Waals surface area contributed by atoms with Crippen molar-refractivity contribution in [2.24, 2.45) is 0 Å². The normalized spacial score (nSPS) is 10.5. The Morgan fingerprint density at radius 3 is 1.90 bits per heavy atom. The molecule has 0 atom stereocenters. The van der Waals surface area contributed by atoms with E-state index in [0.29, 0.717) is 0 Å². The zero-order valence-corrected chi connectivity index (χ0v) is 13.0. The quantitative estimate of drug-likeness (QED) is 0.502. The second kappa shape index (κ2) is 5.82. The molecule has 0 N–H and O–H groups in total. The summed E-state index contributed by atoms with van der Waals surface area (Å²) in [6, 6.07) is 24.9. The van der Waals surface area contributed by atoms with Gasteiger partial charge in [-0.1, -0.05) is 66.2 Å². The van der Waals surface area contributed by atoms with Crippen molar-refractivity contribution in [2.75, 3.05) is 0 Å². The van der Waals surface area contributed by atoms with Crippen molar-refractivity contribution in [1.82, 2.24) is 0 Å². The van der Waals surface area contributed by atoms with Crippen molar-refractivity contribution >= 4 is 27.5 Å². The maximum atomic E-state index is 6.05. The van der Waals surface area contributed by atoms with E-state index >= 15 is 0 Å². The van der Waals surface area contributed by atoms with Gasteiger partial charge in [0.2, 0.25) is 0 Å². The Morgan fingerprint density at radius 1 is 0.600 bits per heavy atom. The average Bonchev–Trinajstić information content (AvgIpc) is 2.51. The minimum Gasteiger partial charge on any atom is -0.0831 e. The topological polar surface area (TPSA) is 0 Å². The number of hydrogen-bond acceptors (Lipinski definition) is 0.